The molecular formula is C11H10N2O3. The molecule has 0 unspecified atom stereocenters. The van der Waals surface area contributed by atoms with Gasteiger partial charge in [0.15, 0.2) is 17.3 Å². The van der Waals surface area contributed by atoms with Gasteiger partial charge in [-0.25, -0.2) is 0 Å². The summed E-state index contributed by atoms with van der Waals surface area (Å²) in [5.74, 6) is 2.50. The fourth-order valence-corrected chi connectivity index (χ4v) is 1.60. The zero-order valence-corrected chi connectivity index (χ0v) is 8.43. The average Bonchev–Trinajstić information content (AvgIpc) is 2.82. The van der Waals surface area contributed by atoms with E-state index in [4.69, 9.17) is 9.47 Å². The SMILES string of the molecule is Oc1ccc2c(c1)OC=C(C1=NCCN1)O2. The molecule has 0 aliphatic carbocycles. The number of hydrogen-bond donors (Lipinski definition) is 2. The molecule has 0 aromatic heterocycles. The molecule has 82 valence electrons. The Bertz CT molecular complexity index is 494. The third-order valence-corrected chi connectivity index (χ3v) is 2.35. The first-order valence-electron chi connectivity index (χ1n) is 4.99. The molecule has 0 spiro atoms. The largest absolute Gasteiger partial charge is 0.508 e. The van der Waals surface area contributed by atoms with Gasteiger partial charge in [-0.3, -0.25) is 4.99 Å². The van der Waals surface area contributed by atoms with Crippen molar-refractivity contribution in [3.63, 3.8) is 0 Å². The standard InChI is InChI=1S/C11H10N2O3/c14-7-1-2-8-9(5-7)15-6-10(16-8)11-12-3-4-13-11/h1-2,5-6,14H,3-4H2,(H,12,13). The summed E-state index contributed by atoms with van der Waals surface area (Å²) in [7, 11) is 0. The normalized spacial score (nSPS) is 17.5. The van der Waals surface area contributed by atoms with Crippen LogP contribution in [-0.2, 0) is 0 Å². The topological polar surface area (TPSA) is 63.1 Å². The van der Waals surface area contributed by atoms with Crippen LogP contribution in [0.2, 0.25) is 0 Å². The van der Waals surface area contributed by atoms with Crippen molar-refractivity contribution >= 4 is 5.84 Å². The van der Waals surface area contributed by atoms with Crippen LogP contribution in [0.15, 0.2) is 35.2 Å². The number of rotatable bonds is 1. The minimum Gasteiger partial charge on any atom is -0.508 e. The highest BCUT2D eigenvalue weighted by Gasteiger charge is 2.20. The lowest BCUT2D eigenvalue weighted by Gasteiger charge is -2.18. The fraction of sp³-hybridized carbons (Fsp3) is 0.182. The number of aliphatic imine (C=N–C) groups is 1. The summed E-state index contributed by atoms with van der Waals surface area (Å²) in [6, 6.07) is 4.72. The summed E-state index contributed by atoms with van der Waals surface area (Å²) in [6.07, 6.45) is 1.49. The maximum absolute atomic E-state index is 9.27. The van der Waals surface area contributed by atoms with Crippen LogP contribution in [0.5, 0.6) is 17.2 Å². The first kappa shape index (κ1) is 9.08. The number of ether oxygens (including phenoxy) is 2. The van der Waals surface area contributed by atoms with Crippen molar-refractivity contribution in [3.8, 4) is 17.2 Å². The number of fused-ring (bicyclic) bond motifs is 1. The van der Waals surface area contributed by atoms with Gasteiger partial charge in [0.25, 0.3) is 0 Å². The Labute approximate surface area is 92.0 Å². The average molecular weight is 218 g/mol. The first-order chi connectivity index (χ1) is 7.83. The molecule has 0 saturated heterocycles. The molecule has 5 nitrogen and oxygen atoms in total. The lowest BCUT2D eigenvalue weighted by molar-refractivity contribution is 0.340. The number of amidine groups is 1. The third-order valence-electron chi connectivity index (χ3n) is 2.35. The number of nitrogens with zero attached hydrogens (tertiary/aromatic N) is 1. The van der Waals surface area contributed by atoms with Crippen molar-refractivity contribution < 1.29 is 14.6 Å². The van der Waals surface area contributed by atoms with Gasteiger partial charge in [0.2, 0.25) is 5.76 Å². The smallest absolute Gasteiger partial charge is 0.204 e. The molecule has 3 rings (SSSR count). The molecule has 2 aliphatic rings. The second-order valence-electron chi connectivity index (χ2n) is 3.49. The Hall–Kier alpha value is -2.17. The van der Waals surface area contributed by atoms with Gasteiger partial charge >= 0.3 is 0 Å². The van der Waals surface area contributed by atoms with E-state index in [0.29, 0.717) is 23.1 Å². The number of hydrogen-bond acceptors (Lipinski definition) is 5. The van der Waals surface area contributed by atoms with E-state index in [0.717, 1.165) is 13.1 Å². The molecule has 0 amide bonds. The van der Waals surface area contributed by atoms with Gasteiger partial charge < -0.3 is 19.9 Å². The number of benzene rings is 1. The summed E-state index contributed by atoms with van der Waals surface area (Å²) in [5, 5.41) is 12.4. The molecule has 0 atom stereocenters. The van der Waals surface area contributed by atoms with Crippen LogP contribution < -0.4 is 14.8 Å². The third kappa shape index (κ3) is 1.46. The highest BCUT2D eigenvalue weighted by Crippen LogP contribution is 2.35. The second-order valence-corrected chi connectivity index (χ2v) is 3.49. The van der Waals surface area contributed by atoms with Gasteiger partial charge in [-0.1, -0.05) is 0 Å². The summed E-state index contributed by atoms with van der Waals surface area (Å²) < 4.78 is 11.0. The molecule has 0 saturated carbocycles. The molecule has 0 radical (unpaired) electrons. The van der Waals surface area contributed by atoms with E-state index in [1.54, 1.807) is 12.1 Å². The van der Waals surface area contributed by atoms with Crippen molar-refractivity contribution in [3.05, 3.63) is 30.2 Å². The highest BCUT2D eigenvalue weighted by atomic mass is 16.6. The van der Waals surface area contributed by atoms with E-state index in [2.05, 4.69) is 10.3 Å². The molecule has 2 heterocycles. The van der Waals surface area contributed by atoms with E-state index in [9.17, 15) is 5.11 Å². The molecule has 1 aromatic rings. The predicted molar refractivity (Wildman–Crippen MR) is 57.8 cm³/mol. The maximum atomic E-state index is 9.27. The Morgan fingerprint density at radius 2 is 2.25 bits per heavy atom. The van der Waals surface area contributed by atoms with Crippen molar-refractivity contribution in [2.45, 2.75) is 0 Å². The Kier molecular flexibility index (Phi) is 1.96. The Morgan fingerprint density at radius 1 is 1.31 bits per heavy atom. The maximum Gasteiger partial charge on any atom is 0.204 e. The van der Waals surface area contributed by atoms with Crippen molar-refractivity contribution in [2.24, 2.45) is 4.99 Å². The summed E-state index contributed by atoms with van der Waals surface area (Å²) in [4.78, 5) is 4.23. The minimum absolute atomic E-state index is 0.149. The van der Waals surface area contributed by atoms with Gasteiger partial charge in [-0.05, 0) is 12.1 Å². The first-order valence-corrected chi connectivity index (χ1v) is 4.99. The quantitative estimate of drug-likeness (QED) is 0.738. The van der Waals surface area contributed by atoms with Gasteiger partial charge in [-0.2, -0.15) is 0 Å². The highest BCUT2D eigenvalue weighted by molar-refractivity contribution is 5.98. The van der Waals surface area contributed by atoms with Crippen molar-refractivity contribution in [1.29, 1.82) is 0 Å². The van der Waals surface area contributed by atoms with Crippen molar-refractivity contribution in [2.75, 3.05) is 13.1 Å². The minimum atomic E-state index is 0.149. The van der Waals surface area contributed by atoms with E-state index in [-0.39, 0.29) is 5.75 Å². The van der Waals surface area contributed by atoms with Gasteiger partial charge in [0.05, 0.1) is 6.54 Å². The van der Waals surface area contributed by atoms with E-state index in [1.807, 2.05) is 0 Å². The van der Waals surface area contributed by atoms with Crippen LogP contribution in [0.4, 0.5) is 0 Å². The van der Waals surface area contributed by atoms with Gasteiger partial charge in [0.1, 0.15) is 12.0 Å². The molecule has 2 aliphatic heterocycles. The molecule has 0 bridgehead atoms. The zero-order valence-electron chi connectivity index (χ0n) is 8.43. The van der Waals surface area contributed by atoms with Crippen molar-refractivity contribution in [1.82, 2.24) is 5.32 Å². The van der Waals surface area contributed by atoms with Gasteiger partial charge in [-0.15, -0.1) is 0 Å². The lowest BCUT2D eigenvalue weighted by Crippen LogP contribution is -2.25. The lowest BCUT2D eigenvalue weighted by atomic mass is 10.3. The Balaban J connectivity index is 1.89. The number of aromatic hydroxyl groups is 1. The fourth-order valence-electron chi connectivity index (χ4n) is 1.60. The molecule has 0 fully saturated rings. The number of phenolic OH excluding ortho intramolecular Hbond substituents is 1. The molecule has 16 heavy (non-hydrogen) atoms. The second kappa shape index (κ2) is 3.44. The van der Waals surface area contributed by atoms with Crippen LogP contribution in [0, 0.1) is 0 Å². The summed E-state index contributed by atoms with van der Waals surface area (Å²) in [6.45, 7) is 1.57. The molecule has 5 heteroatoms. The van der Waals surface area contributed by atoms with Crippen LogP contribution >= 0.6 is 0 Å². The molecule has 1 aromatic carbocycles. The van der Waals surface area contributed by atoms with Crippen LogP contribution in [0.25, 0.3) is 0 Å². The van der Waals surface area contributed by atoms with E-state index in [1.165, 1.54) is 12.3 Å². The number of nitrogens with one attached hydrogen (secondary N) is 1. The van der Waals surface area contributed by atoms with Crippen LogP contribution in [0.3, 0.4) is 0 Å². The van der Waals surface area contributed by atoms with Crippen LogP contribution in [0.1, 0.15) is 0 Å². The summed E-state index contributed by atoms with van der Waals surface area (Å²) in [5.41, 5.74) is 0. The monoisotopic (exact) mass is 218 g/mol. The molecule has 2 N–H and O–H groups in total. The number of phenols is 1. The van der Waals surface area contributed by atoms with Crippen LogP contribution in [-0.4, -0.2) is 24.0 Å². The summed E-state index contributed by atoms with van der Waals surface area (Å²) >= 11 is 0. The van der Waals surface area contributed by atoms with E-state index >= 15 is 0 Å². The Morgan fingerprint density at radius 3 is 3.06 bits per heavy atom. The van der Waals surface area contributed by atoms with Gasteiger partial charge in [0, 0.05) is 12.6 Å². The zero-order chi connectivity index (χ0) is 11.0. The van der Waals surface area contributed by atoms with E-state index < -0.39 is 0 Å². The molecular weight excluding hydrogens is 208 g/mol. The predicted octanol–water partition coefficient (Wildman–Crippen LogP) is 1.01.